The van der Waals surface area contributed by atoms with Crippen molar-refractivity contribution >= 4 is 11.6 Å². The third-order valence-electron chi connectivity index (χ3n) is 3.12. The lowest BCUT2D eigenvalue weighted by Gasteiger charge is -2.22. The van der Waals surface area contributed by atoms with Gasteiger partial charge in [0, 0.05) is 24.3 Å². The normalized spacial score (nSPS) is 14.6. The summed E-state index contributed by atoms with van der Waals surface area (Å²) in [6.07, 6.45) is 2.08. The molecule has 3 nitrogen and oxygen atoms in total. The van der Waals surface area contributed by atoms with Crippen molar-refractivity contribution in [3.8, 4) is 0 Å². The molecule has 3 heteroatoms. The Hall–Kier alpha value is -1.51. The van der Waals surface area contributed by atoms with Gasteiger partial charge in [0.05, 0.1) is 0 Å². The molecule has 1 aliphatic heterocycles. The molecule has 0 unspecified atom stereocenters. The van der Waals surface area contributed by atoms with E-state index in [1.165, 1.54) is 0 Å². The first-order chi connectivity index (χ1) is 8.47. The number of fused-ring (bicyclic) bond motifs is 1. The highest BCUT2D eigenvalue weighted by atomic mass is 16.1. The van der Waals surface area contributed by atoms with Crippen molar-refractivity contribution in [2.75, 3.05) is 18.4 Å². The van der Waals surface area contributed by atoms with E-state index in [1.807, 2.05) is 12.1 Å². The van der Waals surface area contributed by atoms with Gasteiger partial charge in [0.15, 0.2) is 0 Å². The second-order valence-corrected chi connectivity index (χ2v) is 6.11. The van der Waals surface area contributed by atoms with Crippen molar-refractivity contribution in [1.29, 1.82) is 0 Å². The highest BCUT2D eigenvalue weighted by Gasteiger charge is 2.18. The van der Waals surface area contributed by atoms with Crippen molar-refractivity contribution in [2.45, 2.75) is 33.6 Å². The van der Waals surface area contributed by atoms with E-state index in [-0.39, 0.29) is 11.3 Å². The molecule has 1 aromatic rings. The van der Waals surface area contributed by atoms with E-state index in [9.17, 15) is 4.79 Å². The highest BCUT2D eigenvalue weighted by molar-refractivity contribution is 5.97. The summed E-state index contributed by atoms with van der Waals surface area (Å²) in [5, 5.41) is 6.37. The summed E-state index contributed by atoms with van der Waals surface area (Å²) < 4.78 is 0. The van der Waals surface area contributed by atoms with E-state index in [4.69, 9.17) is 0 Å². The Morgan fingerprint density at radius 2 is 2.17 bits per heavy atom. The maximum absolute atomic E-state index is 12.2. The summed E-state index contributed by atoms with van der Waals surface area (Å²) >= 11 is 0. The third-order valence-corrected chi connectivity index (χ3v) is 3.12. The van der Waals surface area contributed by atoms with Gasteiger partial charge in [-0.2, -0.15) is 0 Å². The second-order valence-electron chi connectivity index (χ2n) is 6.11. The van der Waals surface area contributed by atoms with Crippen molar-refractivity contribution < 1.29 is 4.79 Å². The number of carbonyl (C=O) groups is 1. The van der Waals surface area contributed by atoms with Gasteiger partial charge < -0.3 is 10.6 Å². The quantitative estimate of drug-likeness (QED) is 0.842. The van der Waals surface area contributed by atoms with E-state index in [2.05, 4.69) is 37.5 Å². The van der Waals surface area contributed by atoms with Crippen molar-refractivity contribution in [1.82, 2.24) is 5.32 Å². The van der Waals surface area contributed by atoms with Crippen LogP contribution in [0.1, 0.15) is 43.1 Å². The zero-order valence-electron chi connectivity index (χ0n) is 11.5. The summed E-state index contributed by atoms with van der Waals surface area (Å²) in [5.74, 6) is 0.0467. The molecule has 2 N–H and O–H groups in total. The summed E-state index contributed by atoms with van der Waals surface area (Å²) in [5.41, 5.74) is 3.21. The van der Waals surface area contributed by atoms with Crippen LogP contribution in [0.3, 0.4) is 0 Å². The third kappa shape index (κ3) is 3.03. The minimum Gasteiger partial charge on any atom is -0.385 e. The van der Waals surface area contributed by atoms with E-state index in [0.717, 1.165) is 36.2 Å². The fourth-order valence-corrected chi connectivity index (χ4v) is 2.16. The van der Waals surface area contributed by atoms with Gasteiger partial charge in [-0.3, -0.25) is 4.79 Å². The Kier molecular flexibility index (Phi) is 3.60. The molecule has 2 rings (SSSR count). The van der Waals surface area contributed by atoms with E-state index in [0.29, 0.717) is 6.54 Å². The average Bonchev–Trinajstić information content (AvgIpc) is 2.34. The molecule has 1 heterocycles. The standard InChI is InChI=1S/C15H22N2O/c1-15(2,3)10-17-14(18)12-6-4-8-13-11(12)7-5-9-16-13/h4,6,8,16H,5,7,9-10H2,1-3H3,(H,17,18). The van der Waals surface area contributed by atoms with Gasteiger partial charge in [0.1, 0.15) is 0 Å². The lowest BCUT2D eigenvalue weighted by molar-refractivity contribution is 0.0938. The number of carbonyl (C=O) groups excluding carboxylic acids is 1. The molecular weight excluding hydrogens is 224 g/mol. The predicted octanol–water partition coefficient (Wildman–Crippen LogP) is 2.82. The first-order valence-electron chi connectivity index (χ1n) is 6.61. The van der Waals surface area contributed by atoms with Crippen LogP contribution < -0.4 is 10.6 Å². The monoisotopic (exact) mass is 246 g/mol. The number of anilines is 1. The topological polar surface area (TPSA) is 41.1 Å². The van der Waals surface area contributed by atoms with Crippen LogP contribution in [0.2, 0.25) is 0 Å². The van der Waals surface area contributed by atoms with Gasteiger partial charge in [0.25, 0.3) is 5.91 Å². The van der Waals surface area contributed by atoms with Crippen LogP contribution in [-0.2, 0) is 6.42 Å². The molecule has 1 aromatic carbocycles. The summed E-state index contributed by atoms with van der Waals surface area (Å²) in [4.78, 5) is 12.2. The number of hydrogen-bond acceptors (Lipinski definition) is 2. The molecule has 0 saturated carbocycles. The zero-order valence-corrected chi connectivity index (χ0v) is 11.5. The molecule has 0 spiro atoms. The van der Waals surface area contributed by atoms with Gasteiger partial charge >= 0.3 is 0 Å². The largest absolute Gasteiger partial charge is 0.385 e. The van der Waals surface area contributed by atoms with E-state index < -0.39 is 0 Å². The molecule has 0 bridgehead atoms. The van der Waals surface area contributed by atoms with Crippen LogP contribution in [0.5, 0.6) is 0 Å². The molecule has 0 radical (unpaired) electrons. The minimum atomic E-state index is 0.0467. The summed E-state index contributed by atoms with van der Waals surface area (Å²) in [7, 11) is 0. The van der Waals surface area contributed by atoms with Crippen LogP contribution in [0, 0.1) is 5.41 Å². The Bertz CT molecular complexity index is 446. The Balaban J connectivity index is 2.15. The van der Waals surface area contributed by atoms with Crippen LogP contribution in [0.25, 0.3) is 0 Å². The molecule has 0 atom stereocenters. The second kappa shape index (κ2) is 5.01. The molecule has 1 aliphatic rings. The smallest absolute Gasteiger partial charge is 0.251 e. The number of rotatable bonds is 2. The molecule has 0 aromatic heterocycles. The van der Waals surface area contributed by atoms with Gasteiger partial charge in [-0.1, -0.05) is 26.8 Å². The molecule has 18 heavy (non-hydrogen) atoms. The Morgan fingerprint density at radius 3 is 2.89 bits per heavy atom. The maximum Gasteiger partial charge on any atom is 0.251 e. The predicted molar refractivity (Wildman–Crippen MR) is 75.0 cm³/mol. The first-order valence-corrected chi connectivity index (χ1v) is 6.61. The van der Waals surface area contributed by atoms with Crippen molar-refractivity contribution in [3.05, 3.63) is 29.3 Å². The van der Waals surface area contributed by atoms with Crippen molar-refractivity contribution in [2.24, 2.45) is 5.41 Å². The highest BCUT2D eigenvalue weighted by Crippen LogP contribution is 2.25. The fraction of sp³-hybridized carbons (Fsp3) is 0.533. The molecular formula is C15H22N2O. The summed E-state index contributed by atoms with van der Waals surface area (Å²) in [6, 6.07) is 5.92. The SMILES string of the molecule is CC(C)(C)CNC(=O)c1cccc2c1CCCN2. The van der Waals surface area contributed by atoms with Crippen LogP contribution >= 0.6 is 0 Å². The van der Waals surface area contributed by atoms with Gasteiger partial charge in [-0.15, -0.1) is 0 Å². The van der Waals surface area contributed by atoms with E-state index in [1.54, 1.807) is 0 Å². The van der Waals surface area contributed by atoms with Crippen molar-refractivity contribution in [3.63, 3.8) is 0 Å². The maximum atomic E-state index is 12.2. The van der Waals surface area contributed by atoms with Gasteiger partial charge in [0.2, 0.25) is 0 Å². The lowest BCUT2D eigenvalue weighted by atomic mass is 9.95. The molecule has 0 aliphatic carbocycles. The van der Waals surface area contributed by atoms with Gasteiger partial charge in [-0.25, -0.2) is 0 Å². The Morgan fingerprint density at radius 1 is 1.39 bits per heavy atom. The summed E-state index contributed by atoms with van der Waals surface area (Å²) in [6.45, 7) is 8.06. The number of amides is 1. The molecule has 98 valence electrons. The van der Waals surface area contributed by atoms with Crippen LogP contribution in [-0.4, -0.2) is 19.0 Å². The fourth-order valence-electron chi connectivity index (χ4n) is 2.16. The van der Waals surface area contributed by atoms with Gasteiger partial charge in [-0.05, 0) is 36.0 Å². The minimum absolute atomic E-state index is 0.0467. The molecule has 1 amide bonds. The van der Waals surface area contributed by atoms with Crippen LogP contribution in [0.15, 0.2) is 18.2 Å². The molecule has 0 saturated heterocycles. The number of hydrogen-bond donors (Lipinski definition) is 2. The zero-order chi connectivity index (χ0) is 13.2. The van der Waals surface area contributed by atoms with E-state index >= 15 is 0 Å². The average molecular weight is 246 g/mol. The Labute approximate surface area is 109 Å². The first kappa shape index (κ1) is 12.9. The lowest BCUT2D eigenvalue weighted by Crippen LogP contribution is -2.33. The van der Waals surface area contributed by atoms with Crippen LogP contribution in [0.4, 0.5) is 5.69 Å². The number of benzene rings is 1. The number of nitrogens with one attached hydrogen (secondary N) is 2. The molecule has 0 fully saturated rings.